The molecule has 2 aliphatic rings. The van der Waals surface area contributed by atoms with E-state index in [-0.39, 0.29) is 5.54 Å². The Morgan fingerprint density at radius 1 is 1.25 bits per heavy atom. The van der Waals surface area contributed by atoms with Gasteiger partial charge in [0.1, 0.15) is 0 Å². The summed E-state index contributed by atoms with van der Waals surface area (Å²) in [7, 11) is 2.24. The second-order valence-electron chi connectivity index (χ2n) is 7.29. The van der Waals surface area contributed by atoms with Crippen LogP contribution in [0, 0.1) is 5.92 Å². The van der Waals surface area contributed by atoms with Crippen LogP contribution in [0.1, 0.15) is 56.3 Å². The molecule has 0 aromatic heterocycles. The van der Waals surface area contributed by atoms with Crippen molar-refractivity contribution < 1.29 is 0 Å². The Morgan fingerprint density at radius 2 is 2.05 bits per heavy atom. The van der Waals surface area contributed by atoms with E-state index in [1.807, 2.05) is 0 Å². The lowest BCUT2D eigenvalue weighted by atomic mass is 9.81. The molecule has 2 heteroatoms. The van der Waals surface area contributed by atoms with E-state index >= 15 is 0 Å². The first-order valence-electron chi connectivity index (χ1n) is 8.06. The van der Waals surface area contributed by atoms with Gasteiger partial charge in [-0.05, 0) is 69.3 Å². The highest BCUT2D eigenvalue weighted by Gasteiger charge is 2.32. The monoisotopic (exact) mass is 272 g/mol. The van der Waals surface area contributed by atoms with Crippen LogP contribution in [0.2, 0.25) is 0 Å². The number of rotatable bonds is 1. The molecule has 20 heavy (non-hydrogen) atoms. The highest BCUT2D eigenvalue weighted by atomic mass is 15.2. The van der Waals surface area contributed by atoms with E-state index < -0.39 is 0 Å². The number of likely N-dealkylation sites (N-methyl/N-ethyl adjacent to an activating group) is 1. The van der Waals surface area contributed by atoms with Crippen LogP contribution in [-0.2, 0) is 12.0 Å². The number of piperidine rings is 1. The average Bonchev–Trinajstić information content (AvgIpc) is 2.44. The number of hydrogen-bond donors (Lipinski definition) is 1. The Bertz CT molecular complexity index is 484. The van der Waals surface area contributed by atoms with Crippen LogP contribution in [0.5, 0.6) is 0 Å². The van der Waals surface area contributed by atoms with Crippen molar-refractivity contribution in [2.24, 2.45) is 5.92 Å². The first kappa shape index (κ1) is 14.1. The lowest BCUT2D eigenvalue weighted by Gasteiger charge is -2.42. The van der Waals surface area contributed by atoms with Gasteiger partial charge in [-0.25, -0.2) is 0 Å². The molecule has 0 radical (unpaired) electrons. The molecule has 110 valence electrons. The molecule has 1 aromatic rings. The van der Waals surface area contributed by atoms with Gasteiger partial charge in [0.05, 0.1) is 0 Å². The maximum atomic E-state index is 3.71. The van der Waals surface area contributed by atoms with Crippen LogP contribution in [-0.4, -0.2) is 25.0 Å². The van der Waals surface area contributed by atoms with Gasteiger partial charge in [-0.3, -0.25) is 4.90 Å². The molecular weight excluding hydrogens is 244 g/mol. The van der Waals surface area contributed by atoms with Crippen molar-refractivity contribution in [2.75, 3.05) is 20.1 Å². The summed E-state index contributed by atoms with van der Waals surface area (Å²) in [5, 5.41) is 3.71. The summed E-state index contributed by atoms with van der Waals surface area (Å²) >= 11 is 0. The summed E-state index contributed by atoms with van der Waals surface area (Å²) in [4.78, 5) is 2.47. The zero-order valence-corrected chi connectivity index (χ0v) is 13.4. The molecule has 0 bridgehead atoms. The van der Waals surface area contributed by atoms with E-state index in [2.05, 4.69) is 56.2 Å². The van der Waals surface area contributed by atoms with Gasteiger partial charge in [0.25, 0.3) is 0 Å². The number of nitrogens with zero attached hydrogens (tertiary/aromatic N) is 1. The van der Waals surface area contributed by atoms with Gasteiger partial charge < -0.3 is 5.32 Å². The zero-order valence-electron chi connectivity index (χ0n) is 13.4. The molecule has 3 rings (SSSR count). The molecule has 2 nitrogen and oxygen atoms in total. The van der Waals surface area contributed by atoms with Gasteiger partial charge in [0, 0.05) is 18.1 Å². The first-order chi connectivity index (χ1) is 9.48. The zero-order chi connectivity index (χ0) is 14.3. The van der Waals surface area contributed by atoms with Gasteiger partial charge in [-0.15, -0.1) is 0 Å². The Morgan fingerprint density at radius 3 is 2.75 bits per heavy atom. The summed E-state index contributed by atoms with van der Waals surface area (Å²) in [6.07, 6.45) is 3.82. The molecule has 1 N–H and O–H groups in total. The van der Waals surface area contributed by atoms with Gasteiger partial charge in [-0.1, -0.05) is 25.1 Å². The third kappa shape index (κ3) is 2.40. The predicted molar refractivity (Wildman–Crippen MR) is 84.9 cm³/mol. The number of fused-ring (bicyclic) bond motifs is 1. The number of nitrogens with one attached hydrogen (secondary N) is 1. The Kier molecular flexibility index (Phi) is 3.64. The van der Waals surface area contributed by atoms with Crippen molar-refractivity contribution in [3.05, 3.63) is 34.9 Å². The third-order valence-corrected chi connectivity index (χ3v) is 5.52. The maximum absolute atomic E-state index is 3.71. The van der Waals surface area contributed by atoms with Crippen molar-refractivity contribution >= 4 is 0 Å². The average molecular weight is 272 g/mol. The van der Waals surface area contributed by atoms with Crippen molar-refractivity contribution in [3.8, 4) is 0 Å². The summed E-state index contributed by atoms with van der Waals surface area (Å²) < 4.78 is 0. The molecule has 2 atom stereocenters. The Labute approximate surface area is 123 Å². The summed E-state index contributed by atoms with van der Waals surface area (Å²) in [5.41, 5.74) is 4.74. The van der Waals surface area contributed by atoms with Gasteiger partial charge in [0.15, 0.2) is 0 Å². The van der Waals surface area contributed by atoms with Crippen molar-refractivity contribution in [2.45, 2.75) is 51.6 Å². The highest BCUT2D eigenvalue weighted by molar-refractivity contribution is 5.39. The predicted octanol–water partition coefficient (Wildman–Crippen LogP) is 3.47. The van der Waals surface area contributed by atoms with Crippen LogP contribution < -0.4 is 5.32 Å². The molecule has 2 heterocycles. The lowest BCUT2D eigenvalue weighted by Crippen LogP contribution is -2.44. The van der Waals surface area contributed by atoms with Gasteiger partial charge in [0.2, 0.25) is 0 Å². The SMILES string of the molecule is C[C@H]1CCC(c2ccc3c(c2)CCN(C)C3(C)C)NC1. The second-order valence-corrected chi connectivity index (χ2v) is 7.29. The molecule has 0 spiro atoms. The lowest BCUT2D eigenvalue weighted by molar-refractivity contribution is 0.143. The van der Waals surface area contributed by atoms with E-state index in [9.17, 15) is 0 Å². The smallest absolute Gasteiger partial charge is 0.0404 e. The number of benzene rings is 1. The fourth-order valence-corrected chi connectivity index (χ4v) is 3.69. The highest BCUT2D eigenvalue weighted by Crippen LogP contribution is 2.36. The molecular formula is C18H28N2. The molecule has 2 aliphatic heterocycles. The minimum atomic E-state index is 0.167. The van der Waals surface area contributed by atoms with Crippen LogP contribution in [0.4, 0.5) is 0 Å². The van der Waals surface area contributed by atoms with Crippen LogP contribution in [0.25, 0.3) is 0 Å². The summed E-state index contributed by atoms with van der Waals surface area (Å²) in [6, 6.07) is 7.77. The Balaban J connectivity index is 1.87. The van der Waals surface area contributed by atoms with Crippen molar-refractivity contribution in [1.82, 2.24) is 10.2 Å². The molecule has 1 saturated heterocycles. The summed E-state index contributed by atoms with van der Waals surface area (Å²) in [6.45, 7) is 9.35. The molecule has 1 unspecified atom stereocenters. The topological polar surface area (TPSA) is 15.3 Å². The van der Waals surface area contributed by atoms with Crippen LogP contribution >= 0.6 is 0 Å². The minimum Gasteiger partial charge on any atom is -0.310 e. The molecule has 0 amide bonds. The van der Waals surface area contributed by atoms with E-state index in [4.69, 9.17) is 0 Å². The first-order valence-corrected chi connectivity index (χ1v) is 8.06. The van der Waals surface area contributed by atoms with Gasteiger partial charge in [-0.2, -0.15) is 0 Å². The standard InChI is InChI=1S/C18H28N2/c1-13-5-8-17(19-12-13)15-6-7-16-14(11-15)9-10-20(4)18(16,2)3/h6-7,11,13,17,19H,5,8-10,12H2,1-4H3/t13-,17?/m0/s1. The van der Waals surface area contributed by atoms with E-state index in [1.54, 1.807) is 5.56 Å². The minimum absolute atomic E-state index is 0.167. The number of hydrogen-bond acceptors (Lipinski definition) is 2. The third-order valence-electron chi connectivity index (χ3n) is 5.52. The normalized spacial score (nSPS) is 30.0. The molecule has 0 aliphatic carbocycles. The second kappa shape index (κ2) is 5.16. The van der Waals surface area contributed by atoms with E-state index in [1.165, 1.54) is 36.9 Å². The Hall–Kier alpha value is -0.860. The van der Waals surface area contributed by atoms with E-state index in [0.717, 1.165) is 12.5 Å². The van der Waals surface area contributed by atoms with Gasteiger partial charge >= 0.3 is 0 Å². The molecule has 1 aromatic carbocycles. The summed E-state index contributed by atoms with van der Waals surface area (Å²) in [5.74, 6) is 0.830. The fourth-order valence-electron chi connectivity index (χ4n) is 3.69. The quantitative estimate of drug-likeness (QED) is 0.842. The fraction of sp³-hybridized carbons (Fsp3) is 0.667. The van der Waals surface area contributed by atoms with Crippen molar-refractivity contribution in [3.63, 3.8) is 0 Å². The largest absolute Gasteiger partial charge is 0.310 e. The van der Waals surface area contributed by atoms with Crippen molar-refractivity contribution in [1.29, 1.82) is 0 Å². The molecule has 0 saturated carbocycles. The molecule has 1 fully saturated rings. The van der Waals surface area contributed by atoms with Crippen LogP contribution in [0.3, 0.4) is 0 Å². The van der Waals surface area contributed by atoms with Crippen LogP contribution in [0.15, 0.2) is 18.2 Å². The van der Waals surface area contributed by atoms with E-state index in [0.29, 0.717) is 6.04 Å². The maximum Gasteiger partial charge on any atom is 0.0404 e.